The van der Waals surface area contributed by atoms with Gasteiger partial charge in [-0.05, 0) is 31.5 Å². The molecule has 1 aliphatic rings. The van der Waals surface area contributed by atoms with Crippen LogP contribution in [0.5, 0.6) is 0 Å². The van der Waals surface area contributed by atoms with Crippen molar-refractivity contribution in [3.05, 3.63) is 47.5 Å². The Balaban J connectivity index is 1.58. The minimum atomic E-state index is -4.46. The predicted octanol–water partition coefficient (Wildman–Crippen LogP) is 2.89. The summed E-state index contributed by atoms with van der Waals surface area (Å²) in [5.74, 6) is 0.0188. The first-order chi connectivity index (χ1) is 11.4. The van der Waals surface area contributed by atoms with Crippen molar-refractivity contribution in [2.45, 2.75) is 32.1 Å². The topological polar surface area (TPSA) is 53.9 Å². The lowest BCUT2D eigenvalue weighted by Crippen LogP contribution is -2.27. The fourth-order valence-electron chi connectivity index (χ4n) is 2.78. The van der Waals surface area contributed by atoms with Crippen LogP contribution in [-0.4, -0.2) is 39.0 Å². The Hall–Kier alpha value is -2.22. The Morgan fingerprint density at radius 1 is 1.25 bits per heavy atom. The van der Waals surface area contributed by atoms with Crippen molar-refractivity contribution >= 4 is 5.95 Å². The zero-order chi connectivity index (χ0) is 17.2. The number of nitrogens with one attached hydrogen (secondary N) is 1. The van der Waals surface area contributed by atoms with Gasteiger partial charge in [0.15, 0.2) is 0 Å². The lowest BCUT2D eigenvalue weighted by molar-refractivity contribution is -0.141. The Kier molecular flexibility index (Phi) is 4.66. The first kappa shape index (κ1) is 16.6. The standard InChI is InChI=1S/C16H18F3N5/c1-11-3-2-4-12(21-11)9-24-8-6-13(10-24)22-15-20-7-5-14(23-15)16(17,18)19/h2-5,7,13H,6,8-10H2,1H3,(H,20,22,23). The Morgan fingerprint density at radius 2 is 2.08 bits per heavy atom. The third kappa shape index (κ3) is 4.19. The van der Waals surface area contributed by atoms with Crippen molar-refractivity contribution in [3.8, 4) is 0 Å². The van der Waals surface area contributed by atoms with Crippen molar-refractivity contribution in [1.82, 2.24) is 19.9 Å². The molecule has 1 aliphatic heterocycles. The summed E-state index contributed by atoms with van der Waals surface area (Å²) in [6.45, 7) is 4.24. The van der Waals surface area contributed by atoms with Gasteiger partial charge in [0, 0.05) is 37.6 Å². The summed E-state index contributed by atoms with van der Waals surface area (Å²) in [5, 5.41) is 3.00. The van der Waals surface area contributed by atoms with Crippen LogP contribution in [0.15, 0.2) is 30.5 Å². The van der Waals surface area contributed by atoms with E-state index in [2.05, 4.69) is 25.2 Å². The van der Waals surface area contributed by atoms with Crippen molar-refractivity contribution in [3.63, 3.8) is 0 Å². The van der Waals surface area contributed by atoms with Gasteiger partial charge >= 0.3 is 6.18 Å². The molecule has 1 fully saturated rings. The summed E-state index contributed by atoms with van der Waals surface area (Å²) in [5.41, 5.74) is 1.03. The van der Waals surface area contributed by atoms with Gasteiger partial charge in [-0.3, -0.25) is 9.88 Å². The summed E-state index contributed by atoms with van der Waals surface area (Å²) in [6.07, 6.45) is -2.51. The molecule has 0 aliphatic carbocycles. The highest BCUT2D eigenvalue weighted by molar-refractivity contribution is 5.28. The third-order valence-electron chi connectivity index (χ3n) is 3.88. The second-order valence-electron chi connectivity index (χ2n) is 5.90. The van der Waals surface area contributed by atoms with Crippen molar-refractivity contribution in [1.29, 1.82) is 0 Å². The van der Waals surface area contributed by atoms with Crippen LogP contribution in [0.3, 0.4) is 0 Å². The quantitative estimate of drug-likeness (QED) is 0.930. The van der Waals surface area contributed by atoms with Crippen molar-refractivity contribution < 1.29 is 13.2 Å². The average Bonchev–Trinajstić information content (AvgIpc) is 2.94. The number of aryl methyl sites for hydroxylation is 1. The van der Waals surface area contributed by atoms with Crippen molar-refractivity contribution in [2.75, 3.05) is 18.4 Å². The molecule has 1 saturated heterocycles. The maximum Gasteiger partial charge on any atom is 0.433 e. The SMILES string of the molecule is Cc1cccc(CN2CCC(Nc3nccc(C(F)(F)F)n3)C2)n1. The smallest absolute Gasteiger partial charge is 0.350 e. The van der Waals surface area contributed by atoms with E-state index in [0.717, 1.165) is 49.7 Å². The van der Waals surface area contributed by atoms with Gasteiger partial charge in [0.05, 0.1) is 5.69 Å². The molecule has 2 aromatic rings. The normalized spacial score (nSPS) is 18.8. The molecule has 24 heavy (non-hydrogen) atoms. The minimum absolute atomic E-state index is 0.0188. The molecule has 1 atom stereocenters. The van der Waals surface area contributed by atoms with Gasteiger partial charge in [0.25, 0.3) is 0 Å². The summed E-state index contributed by atoms with van der Waals surface area (Å²) in [6, 6.07) is 6.79. The molecule has 0 radical (unpaired) electrons. The number of alkyl halides is 3. The van der Waals surface area contributed by atoms with Crippen molar-refractivity contribution in [2.24, 2.45) is 0 Å². The zero-order valence-electron chi connectivity index (χ0n) is 13.2. The van der Waals surface area contributed by atoms with Gasteiger partial charge in [-0.2, -0.15) is 13.2 Å². The van der Waals surface area contributed by atoms with Crippen LogP contribution in [0.4, 0.5) is 19.1 Å². The maximum atomic E-state index is 12.7. The van der Waals surface area contributed by atoms with Gasteiger partial charge < -0.3 is 5.32 Å². The lowest BCUT2D eigenvalue weighted by atomic mass is 10.3. The van der Waals surface area contributed by atoms with E-state index in [4.69, 9.17) is 0 Å². The maximum absolute atomic E-state index is 12.7. The monoisotopic (exact) mass is 337 g/mol. The van der Waals surface area contributed by atoms with E-state index in [1.165, 1.54) is 0 Å². The number of aromatic nitrogens is 3. The van der Waals surface area contributed by atoms with Gasteiger partial charge in [-0.15, -0.1) is 0 Å². The molecule has 0 amide bonds. The van der Waals surface area contributed by atoms with Crippen LogP contribution in [0.25, 0.3) is 0 Å². The van der Waals surface area contributed by atoms with Crippen LogP contribution in [0.2, 0.25) is 0 Å². The zero-order valence-corrected chi connectivity index (χ0v) is 13.2. The second kappa shape index (κ2) is 6.72. The summed E-state index contributed by atoms with van der Waals surface area (Å²) in [7, 11) is 0. The first-order valence-electron chi connectivity index (χ1n) is 7.72. The molecule has 5 nitrogen and oxygen atoms in total. The molecule has 0 aromatic carbocycles. The number of nitrogens with zero attached hydrogens (tertiary/aromatic N) is 4. The van der Waals surface area contributed by atoms with Gasteiger partial charge in [-0.1, -0.05) is 6.07 Å². The summed E-state index contributed by atoms with van der Waals surface area (Å²) in [4.78, 5) is 14.1. The largest absolute Gasteiger partial charge is 0.433 e. The molecule has 0 bridgehead atoms. The van der Waals surface area contributed by atoms with E-state index < -0.39 is 11.9 Å². The highest BCUT2D eigenvalue weighted by Crippen LogP contribution is 2.27. The predicted molar refractivity (Wildman–Crippen MR) is 83.3 cm³/mol. The molecule has 8 heteroatoms. The molecule has 1 unspecified atom stereocenters. The average molecular weight is 337 g/mol. The molecule has 3 rings (SSSR count). The van der Waals surface area contributed by atoms with E-state index in [1.807, 2.05) is 25.1 Å². The van der Waals surface area contributed by atoms with E-state index in [-0.39, 0.29) is 12.0 Å². The molecule has 128 valence electrons. The highest BCUT2D eigenvalue weighted by Gasteiger charge is 2.33. The number of rotatable bonds is 4. The van der Waals surface area contributed by atoms with Crippen LogP contribution >= 0.6 is 0 Å². The fourth-order valence-corrected chi connectivity index (χ4v) is 2.78. The number of anilines is 1. The number of hydrogen-bond acceptors (Lipinski definition) is 5. The van der Waals surface area contributed by atoms with Crippen LogP contribution in [-0.2, 0) is 12.7 Å². The van der Waals surface area contributed by atoms with Crippen LogP contribution in [0.1, 0.15) is 23.5 Å². The van der Waals surface area contributed by atoms with E-state index >= 15 is 0 Å². The molecular formula is C16H18F3N5. The van der Waals surface area contributed by atoms with E-state index in [1.54, 1.807) is 0 Å². The highest BCUT2D eigenvalue weighted by atomic mass is 19.4. The number of hydrogen-bond donors (Lipinski definition) is 1. The Labute approximate surface area is 138 Å². The van der Waals surface area contributed by atoms with E-state index in [0.29, 0.717) is 0 Å². The first-order valence-corrected chi connectivity index (χ1v) is 7.72. The van der Waals surface area contributed by atoms with E-state index in [9.17, 15) is 13.2 Å². The van der Waals surface area contributed by atoms with Gasteiger partial charge in [0.2, 0.25) is 5.95 Å². The minimum Gasteiger partial charge on any atom is -0.350 e. The molecule has 0 saturated carbocycles. The Morgan fingerprint density at radius 3 is 2.83 bits per heavy atom. The second-order valence-corrected chi connectivity index (χ2v) is 5.90. The summed E-state index contributed by atoms with van der Waals surface area (Å²) >= 11 is 0. The molecule has 2 aromatic heterocycles. The molecule has 1 N–H and O–H groups in total. The Bertz CT molecular complexity index is 704. The van der Waals surface area contributed by atoms with Gasteiger partial charge in [0.1, 0.15) is 5.69 Å². The fraction of sp³-hybridized carbons (Fsp3) is 0.438. The number of halogens is 3. The third-order valence-corrected chi connectivity index (χ3v) is 3.88. The summed E-state index contributed by atoms with van der Waals surface area (Å²) < 4.78 is 38.1. The molecular weight excluding hydrogens is 319 g/mol. The molecule has 3 heterocycles. The van der Waals surface area contributed by atoms with Crippen LogP contribution in [0, 0.1) is 6.92 Å². The number of likely N-dealkylation sites (tertiary alicyclic amines) is 1. The number of pyridine rings is 1. The van der Waals surface area contributed by atoms with Gasteiger partial charge in [-0.25, -0.2) is 9.97 Å². The lowest BCUT2D eigenvalue weighted by Gasteiger charge is -2.17. The molecule has 0 spiro atoms. The van der Waals surface area contributed by atoms with Crippen LogP contribution < -0.4 is 5.32 Å².